The monoisotopic (exact) mass is 84.1 g/mol. The molecule has 0 aromatic carbocycles. The maximum atomic E-state index is 6.43. The molecule has 0 atom stereocenters. The van der Waals surface area contributed by atoms with Crippen LogP contribution in [0.15, 0.2) is 5.03 Å². The van der Waals surface area contributed by atoms with Crippen molar-refractivity contribution in [3.05, 3.63) is 0 Å². The van der Waals surface area contributed by atoms with Gasteiger partial charge in [-0.25, -0.2) is 5.53 Å². The molecule has 0 aliphatic carbocycles. The molecule has 0 unspecified atom stereocenters. The Balaban J connectivity index is 2.96. The fourth-order valence-corrected chi connectivity index (χ4v) is 0.0913. The van der Waals surface area contributed by atoms with Gasteiger partial charge in [0.25, 0.3) is 0 Å². The summed E-state index contributed by atoms with van der Waals surface area (Å²) in [7, 11) is 0. The van der Waals surface area contributed by atoms with Gasteiger partial charge in [-0.2, -0.15) is 0 Å². The zero-order chi connectivity index (χ0) is 4.99. The zero-order valence-corrected chi connectivity index (χ0v) is 4.23. The fourth-order valence-electron chi connectivity index (χ4n) is 0.0913. The molecule has 0 aromatic rings. The first kappa shape index (κ1) is 5.66. The first-order chi connectivity index (χ1) is 2.81. The topological polar surface area (TPSA) is 36.2 Å². The van der Waals surface area contributed by atoms with Crippen LogP contribution in [0.4, 0.5) is 0 Å². The van der Waals surface area contributed by atoms with E-state index in [1.807, 2.05) is 13.7 Å². The molecule has 0 bridgehead atoms. The maximum absolute atomic E-state index is 6.43. The van der Waals surface area contributed by atoms with E-state index in [-0.39, 0.29) is 6.85 Å². The van der Waals surface area contributed by atoms with Crippen molar-refractivity contribution < 1.29 is 0 Å². The second-order valence-electron chi connectivity index (χ2n) is 1.39. The van der Waals surface area contributed by atoms with Crippen molar-refractivity contribution in [1.82, 2.24) is 0 Å². The third kappa shape index (κ3) is 1.94. The van der Waals surface area contributed by atoms with Crippen LogP contribution in [0.2, 0.25) is 13.1 Å². The van der Waals surface area contributed by atoms with Gasteiger partial charge in [-0.05, 0) is 0 Å². The summed E-state index contributed by atoms with van der Waals surface area (Å²) < 4.78 is 0. The lowest BCUT2D eigenvalue weighted by Crippen LogP contribution is -1.96. The van der Waals surface area contributed by atoms with Gasteiger partial charge >= 0.3 is 6.85 Å². The van der Waals surface area contributed by atoms with Crippen LogP contribution in [-0.4, -0.2) is 6.85 Å². The number of rotatable bonds is 2. The van der Waals surface area contributed by atoms with E-state index in [0.29, 0.717) is 0 Å². The summed E-state index contributed by atoms with van der Waals surface area (Å²) in [5, 5.41) is 3.26. The lowest BCUT2D eigenvalue weighted by Gasteiger charge is -1.85. The van der Waals surface area contributed by atoms with Crippen LogP contribution in [0.5, 0.6) is 0 Å². The van der Waals surface area contributed by atoms with Crippen molar-refractivity contribution in [3.63, 3.8) is 0 Å². The number of hydrogen-bond acceptors (Lipinski definition) is 2. The molecule has 0 radical (unpaired) electrons. The molecule has 0 aromatic heterocycles. The number of nitrogens with one attached hydrogen (secondary N) is 1. The van der Waals surface area contributed by atoms with E-state index in [0.717, 1.165) is 6.32 Å². The Morgan fingerprint density at radius 1 is 1.83 bits per heavy atom. The average Bonchev–Trinajstić information content (AvgIpc) is 1.65. The molecular formula is C3H9BN2. The summed E-state index contributed by atoms with van der Waals surface area (Å²) in [4.78, 5) is 0. The summed E-state index contributed by atoms with van der Waals surface area (Å²) >= 11 is 0. The molecule has 0 saturated heterocycles. The molecule has 3 heteroatoms. The molecule has 34 valence electrons. The van der Waals surface area contributed by atoms with Gasteiger partial charge in [0.15, 0.2) is 0 Å². The SMILES string of the molecule is CCB(C)N=N. The minimum atomic E-state index is 0.227. The summed E-state index contributed by atoms with van der Waals surface area (Å²) in [6.07, 6.45) is 0.976. The van der Waals surface area contributed by atoms with E-state index in [1.165, 1.54) is 0 Å². The van der Waals surface area contributed by atoms with Gasteiger partial charge in [-0.3, -0.25) is 5.03 Å². The Morgan fingerprint density at radius 2 is 2.33 bits per heavy atom. The molecule has 6 heavy (non-hydrogen) atoms. The van der Waals surface area contributed by atoms with Gasteiger partial charge in [-0.15, -0.1) is 0 Å². The minimum absolute atomic E-state index is 0.227. The molecule has 0 amide bonds. The van der Waals surface area contributed by atoms with Gasteiger partial charge in [0.1, 0.15) is 0 Å². The van der Waals surface area contributed by atoms with Crippen LogP contribution in [0.3, 0.4) is 0 Å². The molecule has 2 nitrogen and oxygen atoms in total. The van der Waals surface area contributed by atoms with Gasteiger partial charge in [0, 0.05) is 0 Å². The van der Waals surface area contributed by atoms with Crippen LogP contribution < -0.4 is 0 Å². The fraction of sp³-hybridized carbons (Fsp3) is 1.00. The molecule has 0 rings (SSSR count). The standard InChI is InChI=1S/C3H9BN2/c1-3-4(2)6-5/h5H,3H2,1-2H3. The number of hydrogen-bond donors (Lipinski definition) is 1. The molecule has 0 aliphatic rings. The highest BCUT2D eigenvalue weighted by atomic mass is 14.9. The van der Waals surface area contributed by atoms with Crippen molar-refractivity contribution >= 4 is 6.85 Å². The Morgan fingerprint density at radius 3 is 2.33 bits per heavy atom. The second kappa shape index (κ2) is 2.88. The smallest absolute Gasteiger partial charge is 0.262 e. The Bertz CT molecular complexity index is 46.1. The van der Waals surface area contributed by atoms with Crippen molar-refractivity contribution in [2.45, 2.75) is 20.1 Å². The van der Waals surface area contributed by atoms with Crippen molar-refractivity contribution in [2.24, 2.45) is 5.03 Å². The zero-order valence-electron chi connectivity index (χ0n) is 4.23. The second-order valence-corrected chi connectivity index (χ2v) is 1.39. The van der Waals surface area contributed by atoms with Crippen LogP contribution in [0.25, 0.3) is 0 Å². The van der Waals surface area contributed by atoms with Crippen LogP contribution in [0, 0.1) is 5.53 Å². The third-order valence-electron chi connectivity index (χ3n) is 0.811. The van der Waals surface area contributed by atoms with Gasteiger partial charge in [0.05, 0.1) is 0 Å². The van der Waals surface area contributed by atoms with E-state index < -0.39 is 0 Å². The molecule has 0 fully saturated rings. The van der Waals surface area contributed by atoms with Crippen molar-refractivity contribution in [2.75, 3.05) is 0 Å². The largest absolute Gasteiger partial charge is 0.304 e. The summed E-state index contributed by atoms with van der Waals surface area (Å²) in [6, 6.07) is 0. The van der Waals surface area contributed by atoms with Crippen LogP contribution in [-0.2, 0) is 0 Å². The highest BCUT2D eigenvalue weighted by Crippen LogP contribution is 1.87. The predicted octanol–water partition coefficient (Wildman–Crippen LogP) is 1.66. The molecule has 0 saturated carbocycles. The van der Waals surface area contributed by atoms with E-state index >= 15 is 0 Å². The Kier molecular flexibility index (Phi) is 2.72. The highest BCUT2D eigenvalue weighted by Gasteiger charge is 1.96. The average molecular weight is 83.9 g/mol. The molecular weight excluding hydrogens is 74.9 g/mol. The summed E-state index contributed by atoms with van der Waals surface area (Å²) in [5.41, 5.74) is 6.43. The molecule has 0 spiro atoms. The third-order valence-corrected chi connectivity index (χ3v) is 0.811. The van der Waals surface area contributed by atoms with Gasteiger partial charge in [0.2, 0.25) is 0 Å². The molecule has 0 heterocycles. The Hall–Kier alpha value is -0.335. The van der Waals surface area contributed by atoms with Crippen molar-refractivity contribution in [3.8, 4) is 0 Å². The highest BCUT2D eigenvalue weighted by molar-refractivity contribution is 6.54. The first-order valence-corrected chi connectivity index (χ1v) is 2.17. The van der Waals surface area contributed by atoms with Gasteiger partial charge in [-0.1, -0.05) is 20.1 Å². The quantitative estimate of drug-likeness (QED) is 0.390. The van der Waals surface area contributed by atoms with E-state index in [4.69, 9.17) is 5.53 Å². The summed E-state index contributed by atoms with van der Waals surface area (Å²) in [6.45, 7) is 4.17. The first-order valence-electron chi connectivity index (χ1n) is 2.17. The molecule has 1 N–H and O–H groups in total. The van der Waals surface area contributed by atoms with E-state index in [2.05, 4.69) is 5.03 Å². The van der Waals surface area contributed by atoms with E-state index in [1.54, 1.807) is 0 Å². The lowest BCUT2D eigenvalue weighted by molar-refractivity contribution is 1.18. The maximum Gasteiger partial charge on any atom is 0.304 e. The predicted molar refractivity (Wildman–Crippen MR) is 27.2 cm³/mol. The minimum Gasteiger partial charge on any atom is -0.262 e. The van der Waals surface area contributed by atoms with Crippen LogP contribution >= 0.6 is 0 Å². The van der Waals surface area contributed by atoms with E-state index in [9.17, 15) is 0 Å². The van der Waals surface area contributed by atoms with Gasteiger partial charge < -0.3 is 0 Å². The van der Waals surface area contributed by atoms with Crippen molar-refractivity contribution in [1.29, 1.82) is 5.53 Å². The normalized spacial score (nSPS) is 7.67. The summed E-state index contributed by atoms with van der Waals surface area (Å²) in [5.74, 6) is 0. The van der Waals surface area contributed by atoms with Crippen LogP contribution in [0.1, 0.15) is 6.92 Å². The Labute approximate surface area is 38.6 Å². The molecule has 0 aliphatic heterocycles. The lowest BCUT2D eigenvalue weighted by atomic mass is 9.64. The number of nitrogens with zero attached hydrogens (tertiary/aromatic N) is 1.